The van der Waals surface area contributed by atoms with Crippen molar-refractivity contribution >= 4 is 6.08 Å². The van der Waals surface area contributed by atoms with Gasteiger partial charge in [0.05, 0.1) is 12.2 Å². The molecule has 0 aliphatic carbocycles. The number of rotatable bonds is 7. The SMILES string of the molecule is OC(/C=C/c1ccccc1)c1ccccc1.OC(CCc1ccccc1)c1ccccc1. The minimum Gasteiger partial charge on any atom is -0.388 e. The maximum atomic E-state index is 9.98. The molecule has 0 bridgehead atoms. The van der Waals surface area contributed by atoms with Crippen molar-refractivity contribution in [2.75, 3.05) is 0 Å². The Labute approximate surface area is 191 Å². The van der Waals surface area contributed by atoms with Gasteiger partial charge < -0.3 is 10.2 Å². The number of aliphatic hydroxyl groups excluding tert-OH is 2. The van der Waals surface area contributed by atoms with Crippen LogP contribution in [0.2, 0.25) is 0 Å². The Balaban J connectivity index is 0.000000181. The van der Waals surface area contributed by atoms with Crippen LogP contribution < -0.4 is 0 Å². The molecule has 0 saturated carbocycles. The lowest BCUT2D eigenvalue weighted by Gasteiger charge is -2.10. The van der Waals surface area contributed by atoms with Crippen LogP contribution in [0.4, 0.5) is 0 Å². The van der Waals surface area contributed by atoms with E-state index in [4.69, 9.17) is 0 Å². The third-order valence-electron chi connectivity index (χ3n) is 5.15. The minimum atomic E-state index is -0.540. The summed E-state index contributed by atoms with van der Waals surface area (Å²) in [5, 5.41) is 19.9. The fraction of sp³-hybridized carbons (Fsp3) is 0.133. The van der Waals surface area contributed by atoms with E-state index in [1.807, 2.05) is 115 Å². The number of hydrogen-bond acceptors (Lipinski definition) is 2. The molecular weight excluding hydrogens is 392 g/mol. The van der Waals surface area contributed by atoms with Gasteiger partial charge in [0.1, 0.15) is 0 Å². The van der Waals surface area contributed by atoms with E-state index in [0.717, 1.165) is 29.5 Å². The second-order valence-corrected chi connectivity index (χ2v) is 7.58. The molecule has 32 heavy (non-hydrogen) atoms. The first-order valence-corrected chi connectivity index (χ1v) is 11.0. The van der Waals surface area contributed by atoms with Crippen LogP contribution in [0.15, 0.2) is 127 Å². The summed E-state index contributed by atoms with van der Waals surface area (Å²) in [6.07, 6.45) is 4.51. The molecule has 0 amide bonds. The van der Waals surface area contributed by atoms with Gasteiger partial charge in [-0.15, -0.1) is 0 Å². The van der Waals surface area contributed by atoms with Crippen LogP contribution in [-0.2, 0) is 6.42 Å². The molecule has 0 fully saturated rings. The molecule has 2 N–H and O–H groups in total. The molecule has 2 nitrogen and oxygen atoms in total. The lowest BCUT2D eigenvalue weighted by molar-refractivity contribution is 0.168. The van der Waals surface area contributed by atoms with Crippen LogP contribution in [0.25, 0.3) is 6.08 Å². The molecule has 0 heterocycles. The predicted octanol–water partition coefficient (Wildman–Crippen LogP) is 6.79. The van der Waals surface area contributed by atoms with E-state index >= 15 is 0 Å². The van der Waals surface area contributed by atoms with Gasteiger partial charge >= 0.3 is 0 Å². The van der Waals surface area contributed by atoms with E-state index in [2.05, 4.69) is 12.1 Å². The van der Waals surface area contributed by atoms with Crippen LogP contribution in [-0.4, -0.2) is 10.2 Å². The molecule has 2 unspecified atom stereocenters. The first-order valence-electron chi connectivity index (χ1n) is 11.0. The smallest absolute Gasteiger partial charge is 0.0975 e. The van der Waals surface area contributed by atoms with Gasteiger partial charge in [-0.3, -0.25) is 0 Å². The van der Waals surface area contributed by atoms with E-state index in [9.17, 15) is 10.2 Å². The molecule has 2 heteroatoms. The summed E-state index contributed by atoms with van der Waals surface area (Å²) in [5.74, 6) is 0. The normalized spacial score (nSPS) is 12.6. The predicted molar refractivity (Wildman–Crippen MR) is 133 cm³/mol. The lowest BCUT2D eigenvalue weighted by Crippen LogP contribution is -1.99. The zero-order valence-electron chi connectivity index (χ0n) is 18.2. The van der Waals surface area contributed by atoms with E-state index in [0.29, 0.717) is 0 Å². The standard InChI is InChI=1S/C15H16O.C15H14O/c2*16-15(14-9-5-2-6-10-14)12-11-13-7-3-1-4-8-13/h1-10,15-16H,11-12H2;1-12,15-16H/b;12-11+. The second kappa shape index (κ2) is 13.1. The van der Waals surface area contributed by atoms with Crippen molar-refractivity contribution in [2.24, 2.45) is 0 Å². The fourth-order valence-electron chi connectivity index (χ4n) is 3.32. The molecule has 4 rings (SSSR count). The second-order valence-electron chi connectivity index (χ2n) is 7.58. The maximum Gasteiger partial charge on any atom is 0.0975 e. The van der Waals surface area contributed by atoms with E-state index in [1.165, 1.54) is 5.56 Å². The molecule has 0 aliphatic rings. The summed E-state index contributed by atoms with van der Waals surface area (Å²) in [7, 11) is 0. The Hall–Kier alpha value is -3.46. The number of benzene rings is 4. The van der Waals surface area contributed by atoms with Gasteiger partial charge in [-0.05, 0) is 35.1 Å². The molecule has 0 radical (unpaired) electrons. The van der Waals surface area contributed by atoms with Gasteiger partial charge in [0.2, 0.25) is 0 Å². The van der Waals surface area contributed by atoms with Crippen LogP contribution in [0.3, 0.4) is 0 Å². The van der Waals surface area contributed by atoms with Gasteiger partial charge in [-0.2, -0.15) is 0 Å². The first kappa shape index (κ1) is 23.2. The molecular formula is C30H30O2. The van der Waals surface area contributed by atoms with Gasteiger partial charge in [0.25, 0.3) is 0 Å². The highest BCUT2D eigenvalue weighted by atomic mass is 16.3. The van der Waals surface area contributed by atoms with Crippen LogP contribution in [0.5, 0.6) is 0 Å². The van der Waals surface area contributed by atoms with Crippen molar-refractivity contribution in [3.05, 3.63) is 150 Å². The zero-order chi connectivity index (χ0) is 22.4. The molecule has 162 valence electrons. The Morgan fingerprint density at radius 1 is 0.562 bits per heavy atom. The monoisotopic (exact) mass is 422 g/mol. The topological polar surface area (TPSA) is 40.5 Å². The van der Waals surface area contributed by atoms with Crippen molar-refractivity contribution in [3.63, 3.8) is 0 Å². The third kappa shape index (κ3) is 7.99. The quantitative estimate of drug-likeness (QED) is 0.344. The maximum absolute atomic E-state index is 9.98. The van der Waals surface area contributed by atoms with Gasteiger partial charge in [-0.1, -0.05) is 133 Å². The van der Waals surface area contributed by atoms with Crippen LogP contribution in [0, 0.1) is 0 Å². The molecule has 4 aromatic carbocycles. The molecule has 0 spiro atoms. The van der Waals surface area contributed by atoms with E-state index in [-0.39, 0.29) is 6.10 Å². The lowest BCUT2D eigenvalue weighted by atomic mass is 10.0. The van der Waals surface area contributed by atoms with Gasteiger partial charge in [-0.25, -0.2) is 0 Å². The molecule has 4 aromatic rings. The highest BCUT2D eigenvalue weighted by Gasteiger charge is 2.06. The Morgan fingerprint density at radius 2 is 1.03 bits per heavy atom. The van der Waals surface area contributed by atoms with Crippen molar-refractivity contribution in [3.8, 4) is 0 Å². The summed E-state index contributed by atoms with van der Waals surface area (Å²) in [6, 6.07) is 39.7. The van der Waals surface area contributed by atoms with Crippen molar-refractivity contribution in [1.29, 1.82) is 0 Å². The summed E-state index contributed by atoms with van der Waals surface area (Å²) in [6.45, 7) is 0. The zero-order valence-corrected chi connectivity index (χ0v) is 18.2. The fourth-order valence-corrected chi connectivity index (χ4v) is 3.32. The van der Waals surface area contributed by atoms with E-state index in [1.54, 1.807) is 6.08 Å². The van der Waals surface area contributed by atoms with Crippen molar-refractivity contribution in [1.82, 2.24) is 0 Å². The Bertz CT molecular complexity index is 1030. The molecule has 0 aromatic heterocycles. The summed E-state index contributed by atoms with van der Waals surface area (Å²) >= 11 is 0. The first-order chi connectivity index (χ1) is 15.7. The highest BCUT2D eigenvalue weighted by Crippen LogP contribution is 2.18. The number of aliphatic hydroxyl groups is 2. The Morgan fingerprint density at radius 3 is 1.59 bits per heavy atom. The van der Waals surface area contributed by atoms with Gasteiger partial charge in [0.15, 0.2) is 0 Å². The van der Waals surface area contributed by atoms with Gasteiger partial charge in [0, 0.05) is 0 Å². The molecule has 0 aliphatic heterocycles. The van der Waals surface area contributed by atoms with Crippen LogP contribution >= 0.6 is 0 Å². The van der Waals surface area contributed by atoms with Crippen molar-refractivity contribution < 1.29 is 10.2 Å². The summed E-state index contributed by atoms with van der Waals surface area (Å²) < 4.78 is 0. The minimum absolute atomic E-state index is 0.360. The Kier molecular flexibility index (Phi) is 9.47. The number of aryl methyl sites for hydroxylation is 1. The molecule has 2 atom stereocenters. The summed E-state index contributed by atoms with van der Waals surface area (Å²) in [4.78, 5) is 0. The average Bonchev–Trinajstić information content (AvgIpc) is 2.88. The van der Waals surface area contributed by atoms with Crippen LogP contribution in [0.1, 0.15) is 40.9 Å². The third-order valence-corrected chi connectivity index (χ3v) is 5.15. The van der Waals surface area contributed by atoms with E-state index < -0.39 is 6.10 Å². The highest BCUT2D eigenvalue weighted by molar-refractivity contribution is 5.50. The van der Waals surface area contributed by atoms with Crippen molar-refractivity contribution in [2.45, 2.75) is 25.0 Å². The largest absolute Gasteiger partial charge is 0.388 e. The summed E-state index contributed by atoms with van der Waals surface area (Å²) in [5.41, 5.74) is 4.28. The average molecular weight is 423 g/mol. The number of hydrogen-bond donors (Lipinski definition) is 2. The molecule has 0 saturated heterocycles.